The highest BCUT2D eigenvalue weighted by atomic mass is 32.1. The minimum atomic E-state index is -1.34. The number of aromatic nitrogens is 2. The lowest BCUT2D eigenvalue weighted by molar-refractivity contribution is -0.149. The molecule has 1 fully saturated rings. The Hall–Kier alpha value is -2.64. The Kier molecular flexibility index (Phi) is 8.62. The molecule has 0 radical (unpaired) electrons. The van der Waals surface area contributed by atoms with Gasteiger partial charge in [0.1, 0.15) is 18.1 Å². The Labute approximate surface area is 178 Å². The van der Waals surface area contributed by atoms with Gasteiger partial charge in [-0.15, -0.1) is 0 Å². The van der Waals surface area contributed by atoms with Crippen molar-refractivity contribution >= 4 is 36.3 Å². The summed E-state index contributed by atoms with van der Waals surface area (Å²) in [4.78, 5) is 56.5. The normalized spacial score (nSPS) is 19.0. The molecule has 4 unspecified atom stereocenters. The van der Waals surface area contributed by atoms with E-state index >= 15 is 0 Å². The van der Waals surface area contributed by atoms with Gasteiger partial charge < -0.3 is 36.5 Å². The van der Waals surface area contributed by atoms with Gasteiger partial charge in [0, 0.05) is 30.6 Å². The molecule has 7 N–H and O–H groups in total. The standard InChI is InChI=1S/C17H26N6O6S/c18-10(4-9-5-19-8-20-9)14(25)21-11(6-24)15(26)22-12(7-30)16(27)23-3-1-2-13(23)17(28)29/h5,8,10-13,24,30H,1-4,6-7,18H2,(H,19,20)(H,21,25)(H,22,26)(H,28,29). The lowest BCUT2D eigenvalue weighted by atomic mass is 10.1. The molecule has 1 saturated heterocycles. The fraction of sp³-hybridized carbons (Fsp3) is 0.588. The van der Waals surface area contributed by atoms with Gasteiger partial charge in [-0.05, 0) is 12.8 Å². The maximum atomic E-state index is 12.7. The molecular formula is C17H26N6O6S. The first-order chi connectivity index (χ1) is 14.3. The molecule has 1 aliphatic rings. The number of rotatable bonds is 10. The number of carboxylic acid groups (broad SMARTS) is 1. The van der Waals surface area contributed by atoms with E-state index in [1.165, 1.54) is 17.4 Å². The molecule has 4 atom stereocenters. The Morgan fingerprint density at radius 2 is 2.00 bits per heavy atom. The SMILES string of the molecule is NC(Cc1cnc[nH]1)C(=O)NC(CO)C(=O)NC(CS)C(=O)N1CCCC1C(=O)O. The first-order valence-electron chi connectivity index (χ1n) is 9.37. The van der Waals surface area contributed by atoms with Gasteiger partial charge in [-0.25, -0.2) is 9.78 Å². The molecule has 0 saturated carbocycles. The van der Waals surface area contributed by atoms with Crippen LogP contribution >= 0.6 is 12.6 Å². The number of nitrogens with two attached hydrogens (primary N) is 1. The van der Waals surface area contributed by atoms with Crippen LogP contribution in [0.15, 0.2) is 12.5 Å². The van der Waals surface area contributed by atoms with Crippen LogP contribution in [0.5, 0.6) is 0 Å². The van der Waals surface area contributed by atoms with Crippen LogP contribution in [0.1, 0.15) is 18.5 Å². The summed E-state index contributed by atoms with van der Waals surface area (Å²) < 4.78 is 0. The number of hydrogen-bond acceptors (Lipinski definition) is 8. The third-order valence-corrected chi connectivity index (χ3v) is 5.13. The number of amides is 3. The predicted octanol–water partition coefficient (Wildman–Crippen LogP) is -2.75. The molecule has 13 heteroatoms. The van der Waals surface area contributed by atoms with Crippen molar-refractivity contribution in [3.8, 4) is 0 Å². The number of likely N-dealkylation sites (tertiary alicyclic amines) is 1. The van der Waals surface area contributed by atoms with E-state index in [4.69, 9.17) is 5.73 Å². The summed E-state index contributed by atoms with van der Waals surface area (Å²) in [6.07, 6.45) is 3.97. The molecule has 1 aromatic heterocycles. The van der Waals surface area contributed by atoms with E-state index in [0.29, 0.717) is 18.5 Å². The minimum Gasteiger partial charge on any atom is -0.480 e. The number of hydrogen-bond donors (Lipinski definition) is 7. The van der Waals surface area contributed by atoms with Crippen LogP contribution in [0.2, 0.25) is 0 Å². The molecule has 2 rings (SSSR count). The van der Waals surface area contributed by atoms with E-state index in [1.807, 2.05) is 0 Å². The van der Waals surface area contributed by atoms with Crippen LogP contribution in [-0.4, -0.2) is 91.8 Å². The van der Waals surface area contributed by atoms with Gasteiger partial charge in [0.25, 0.3) is 0 Å². The van der Waals surface area contributed by atoms with Gasteiger partial charge in [0.05, 0.1) is 19.0 Å². The van der Waals surface area contributed by atoms with Crippen molar-refractivity contribution in [3.05, 3.63) is 18.2 Å². The highest BCUT2D eigenvalue weighted by Gasteiger charge is 2.38. The van der Waals surface area contributed by atoms with E-state index in [9.17, 15) is 29.4 Å². The van der Waals surface area contributed by atoms with Crippen LogP contribution in [0.25, 0.3) is 0 Å². The van der Waals surface area contributed by atoms with Gasteiger partial charge in [-0.2, -0.15) is 12.6 Å². The predicted molar refractivity (Wildman–Crippen MR) is 107 cm³/mol. The summed E-state index contributed by atoms with van der Waals surface area (Å²) in [5, 5.41) is 23.5. The number of thiol groups is 1. The largest absolute Gasteiger partial charge is 0.480 e. The first-order valence-corrected chi connectivity index (χ1v) is 10.00. The van der Waals surface area contributed by atoms with E-state index < -0.39 is 54.5 Å². The molecular weight excluding hydrogens is 416 g/mol. The molecule has 2 heterocycles. The number of aromatic amines is 1. The maximum Gasteiger partial charge on any atom is 0.326 e. The smallest absolute Gasteiger partial charge is 0.326 e. The van der Waals surface area contributed by atoms with Gasteiger partial charge in [0.15, 0.2) is 0 Å². The summed E-state index contributed by atoms with van der Waals surface area (Å²) >= 11 is 4.06. The van der Waals surface area contributed by atoms with Gasteiger partial charge >= 0.3 is 5.97 Å². The van der Waals surface area contributed by atoms with E-state index in [-0.39, 0.29) is 18.7 Å². The number of nitrogens with zero attached hydrogens (tertiary/aromatic N) is 2. The monoisotopic (exact) mass is 442 g/mol. The van der Waals surface area contributed by atoms with Crippen molar-refractivity contribution in [2.75, 3.05) is 18.9 Å². The Balaban J connectivity index is 1.95. The molecule has 0 spiro atoms. The summed E-state index contributed by atoms with van der Waals surface area (Å²) in [6, 6.07) is -4.39. The number of aliphatic hydroxyl groups is 1. The number of imidazole rings is 1. The molecule has 0 aromatic carbocycles. The fourth-order valence-electron chi connectivity index (χ4n) is 3.14. The topological polar surface area (TPSA) is 191 Å². The summed E-state index contributed by atoms with van der Waals surface area (Å²) in [5.74, 6) is -3.26. The van der Waals surface area contributed by atoms with Gasteiger partial charge in [-0.1, -0.05) is 0 Å². The second-order valence-corrected chi connectivity index (χ2v) is 7.27. The number of carboxylic acids is 1. The van der Waals surface area contributed by atoms with Crippen molar-refractivity contribution < 1.29 is 29.4 Å². The van der Waals surface area contributed by atoms with Gasteiger partial charge in [-0.3, -0.25) is 14.4 Å². The zero-order valence-corrected chi connectivity index (χ0v) is 17.0. The zero-order valence-electron chi connectivity index (χ0n) is 16.2. The second kappa shape index (κ2) is 10.9. The number of nitrogens with one attached hydrogen (secondary N) is 3. The second-order valence-electron chi connectivity index (χ2n) is 6.90. The van der Waals surface area contributed by atoms with Crippen molar-refractivity contribution in [3.63, 3.8) is 0 Å². The van der Waals surface area contributed by atoms with Crippen molar-refractivity contribution in [2.24, 2.45) is 5.73 Å². The average Bonchev–Trinajstić information content (AvgIpc) is 3.41. The lowest BCUT2D eigenvalue weighted by Crippen LogP contribution is -2.58. The van der Waals surface area contributed by atoms with Gasteiger partial charge in [0.2, 0.25) is 17.7 Å². The van der Waals surface area contributed by atoms with E-state index in [0.717, 1.165) is 0 Å². The van der Waals surface area contributed by atoms with Crippen molar-refractivity contribution in [2.45, 2.75) is 43.4 Å². The Morgan fingerprint density at radius 3 is 2.57 bits per heavy atom. The number of aliphatic carboxylic acids is 1. The number of carbonyl (C=O) groups excluding carboxylic acids is 3. The number of carbonyl (C=O) groups is 4. The first kappa shape index (κ1) is 23.6. The maximum absolute atomic E-state index is 12.7. The van der Waals surface area contributed by atoms with Crippen LogP contribution in [0.3, 0.4) is 0 Å². The molecule has 12 nitrogen and oxygen atoms in total. The molecule has 1 aliphatic heterocycles. The molecule has 3 amide bonds. The highest BCUT2D eigenvalue weighted by molar-refractivity contribution is 7.80. The Morgan fingerprint density at radius 1 is 1.30 bits per heavy atom. The zero-order chi connectivity index (χ0) is 22.3. The van der Waals surface area contributed by atoms with Crippen LogP contribution in [0, 0.1) is 0 Å². The minimum absolute atomic E-state index is 0.0845. The molecule has 30 heavy (non-hydrogen) atoms. The van der Waals surface area contributed by atoms with Crippen LogP contribution in [0.4, 0.5) is 0 Å². The van der Waals surface area contributed by atoms with E-state index in [2.05, 4.69) is 33.2 Å². The van der Waals surface area contributed by atoms with Crippen LogP contribution < -0.4 is 16.4 Å². The molecule has 0 bridgehead atoms. The molecule has 0 aliphatic carbocycles. The quantitative estimate of drug-likeness (QED) is 0.190. The lowest BCUT2D eigenvalue weighted by Gasteiger charge is -2.27. The van der Waals surface area contributed by atoms with E-state index in [1.54, 1.807) is 0 Å². The molecule has 1 aromatic rings. The molecule has 166 valence electrons. The highest BCUT2D eigenvalue weighted by Crippen LogP contribution is 2.18. The number of H-pyrrole nitrogens is 1. The fourth-order valence-corrected chi connectivity index (χ4v) is 3.39. The summed E-state index contributed by atoms with van der Waals surface area (Å²) in [5.41, 5.74) is 6.44. The average molecular weight is 442 g/mol. The summed E-state index contributed by atoms with van der Waals surface area (Å²) in [6.45, 7) is -0.456. The number of aliphatic hydroxyl groups excluding tert-OH is 1. The van der Waals surface area contributed by atoms with Crippen LogP contribution in [-0.2, 0) is 25.6 Å². The summed E-state index contributed by atoms with van der Waals surface area (Å²) in [7, 11) is 0. The third-order valence-electron chi connectivity index (χ3n) is 4.77. The third kappa shape index (κ3) is 5.93. The van der Waals surface area contributed by atoms with Crippen molar-refractivity contribution in [1.82, 2.24) is 25.5 Å². The Bertz CT molecular complexity index is 760. The van der Waals surface area contributed by atoms with Crippen molar-refractivity contribution in [1.29, 1.82) is 0 Å².